The summed E-state index contributed by atoms with van der Waals surface area (Å²) < 4.78 is 2.02. The molecule has 3 aromatic rings. The summed E-state index contributed by atoms with van der Waals surface area (Å²) in [6, 6.07) is 8.15. The fourth-order valence-corrected chi connectivity index (χ4v) is 3.99. The monoisotopic (exact) mass is 400 g/mol. The number of nitrogens with one attached hydrogen (secondary N) is 1. The summed E-state index contributed by atoms with van der Waals surface area (Å²) in [5.74, 6) is 0.799. The Labute approximate surface area is 170 Å². The van der Waals surface area contributed by atoms with Crippen LogP contribution in [0.15, 0.2) is 30.5 Å². The molecule has 0 amide bonds. The van der Waals surface area contributed by atoms with Crippen LogP contribution < -0.4 is 9.30 Å². The van der Waals surface area contributed by atoms with E-state index in [0.29, 0.717) is 16.2 Å². The number of benzene rings is 1. The minimum atomic E-state index is 0.467. The minimum absolute atomic E-state index is 0.467. The number of anilines is 1. The van der Waals surface area contributed by atoms with E-state index in [0.717, 1.165) is 40.8 Å². The number of aromatic amines is 1. The van der Waals surface area contributed by atoms with E-state index in [1.54, 1.807) is 0 Å². The van der Waals surface area contributed by atoms with Gasteiger partial charge in [0.1, 0.15) is 5.52 Å². The van der Waals surface area contributed by atoms with Gasteiger partial charge in [0.15, 0.2) is 17.5 Å². The van der Waals surface area contributed by atoms with E-state index in [9.17, 15) is 4.79 Å². The number of halogens is 1. The summed E-state index contributed by atoms with van der Waals surface area (Å²) in [5, 5.41) is 1.61. The van der Waals surface area contributed by atoms with Crippen LogP contribution in [0.1, 0.15) is 16.1 Å². The Kier molecular flexibility index (Phi) is 5.63. The molecule has 2 aromatic heterocycles. The van der Waals surface area contributed by atoms with Crippen molar-refractivity contribution in [3.63, 3.8) is 0 Å². The van der Waals surface area contributed by atoms with Gasteiger partial charge >= 0.3 is 5.95 Å². The zero-order chi connectivity index (χ0) is 20.6. The first kappa shape index (κ1) is 20.2. The molecule has 1 aromatic carbocycles. The predicted molar refractivity (Wildman–Crippen MR) is 116 cm³/mol. The van der Waals surface area contributed by atoms with E-state index >= 15 is 0 Å². The lowest BCUT2D eigenvalue weighted by Crippen LogP contribution is -2.30. The van der Waals surface area contributed by atoms with E-state index < -0.39 is 0 Å². The molecular formula is C21H27ClN5O+. The molecular weight excluding hydrogens is 374 g/mol. The number of carbonyl (C=O) groups is 1. The van der Waals surface area contributed by atoms with Crippen molar-refractivity contribution in [2.45, 2.75) is 0 Å². The van der Waals surface area contributed by atoms with E-state index in [1.807, 2.05) is 68.6 Å². The van der Waals surface area contributed by atoms with Crippen LogP contribution in [0.25, 0.3) is 22.0 Å². The van der Waals surface area contributed by atoms with Crippen LogP contribution in [-0.2, 0) is 0 Å². The average Bonchev–Trinajstić information content (AvgIpc) is 3.01. The fourth-order valence-electron chi connectivity index (χ4n) is 3.58. The Morgan fingerprint density at radius 1 is 1.14 bits per heavy atom. The number of pyridine rings is 1. The van der Waals surface area contributed by atoms with E-state index in [4.69, 9.17) is 11.6 Å². The number of rotatable bonds is 6. The Hall–Kier alpha value is -2.57. The lowest BCUT2D eigenvalue weighted by Gasteiger charge is -2.20. The number of nitrogens with zero attached hydrogens (tertiary/aromatic N) is 4. The molecule has 3 rings (SSSR count). The quantitative estimate of drug-likeness (QED) is 0.510. The second-order valence-electron chi connectivity index (χ2n) is 7.62. The van der Waals surface area contributed by atoms with Gasteiger partial charge in [-0.05, 0) is 25.7 Å². The van der Waals surface area contributed by atoms with Gasteiger partial charge in [0.05, 0.1) is 19.1 Å². The fraction of sp³-hybridized carbons (Fsp3) is 0.333. The summed E-state index contributed by atoms with van der Waals surface area (Å²) in [4.78, 5) is 21.1. The van der Waals surface area contributed by atoms with Crippen molar-refractivity contribution in [2.75, 3.05) is 53.7 Å². The highest BCUT2D eigenvalue weighted by atomic mass is 35.5. The standard InChI is InChI=1S/C21H26ClN5O/c1-24(2)11-14(12-25(3)4)18-15-9-7-8-10-17(15)27-20(19(18)22)16(13-28)23-21(27)26(5)6/h7-11,13H,12H2,1-6H3/p+1/b14-11-. The second-order valence-corrected chi connectivity index (χ2v) is 8.00. The maximum absolute atomic E-state index is 11.8. The summed E-state index contributed by atoms with van der Waals surface area (Å²) in [6.45, 7) is 0.722. The molecule has 0 aliphatic rings. The third kappa shape index (κ3) is 3.45. The van der Waals surface area contributed by atoms with Gasteiger partial charge in [-0.25, -0.2) is 4.98 Å². The number of imidazole rings is 1. The van der Waals surface area contributed by atoms with Gasteiger partial charge in [-0.1, -0.05) is 29.8 Å². The van der Waals surface area contributed by atoms with E-state index in [-0.39, 0.29) is 0 Å². The molecule has 0 unspecified atom stereocenters. The highest BCUT2D eigenvalue weighted by Crippen LogP contribution is 2.35. The molecule has 7 heteroatoms. The maximum atomic E-state index is 11.8. The maximum Gasteiger partial charge on any atom is 0.363 e. The highest BCUT2D eigenvalue weighted by Gasteiger charge is 2.28. The topological polar surface area (TPSA) is 46.7 Å². The Balaban J connectivity index is 2.53. The number of likely N-dealkylation sites (N-methyl/N-ethyl adjacent to an activating group) is 1. The van der Waals surface area contributed by atoms with Crippen LogP contribution in [0.4, 0.5) is 5.95 Å². The van der Waals surface area contributed by atoms with Crippen molar-refractivity contribution in [2.24, 2.45) is 0 Å². The molecule has 0 fully saturated rings. The first-order valence-corrected chi connectivity index (χ1v) is 9.46. The molecule has 0 radical (unpaired) electrons. The SMILES string of the molecule is CN(C)/C=C(/CN(C)C)c1c(Cl)c2c(C=O)[nH]c(N(C)C)[n+]2c2ccccc12. The first-order valence-electron chi connectivity index (χ1n) is 9.09. The van der Waals surface area contributed by atoms with Gasteiger partial charge in [-0.2, -0.15) is 4.40 Å². The number of hydrogen-bond acceptors (Lipinski definition) is 4. The summed E-state index contributed by atoms with van der Waals surface area (Å²) in [5.41, 5.74) is 4.19. The predicted octanol–water partition coefficient (Wildman–Crippen LogP) is 2.90. The summed E-state index contributed by atoms with van der Waals surface area (Å²) >= 11 is 6.99. The van der Waals surface area contributed by atoms with Gasteiger partial charge in [-0.3, -0.25) is 9.69 Å². The number of aldehydes is 1. The van der Waals surface area contributed by atoms with E-state index in [2.05, 4.69) is 28.2 Å². The van der Waals surface area contributed by atoms with Crippen molar-refractivity contribution < 1.29 is 9.20 Å². The number of carbonyl (C=O) groups excluding carboxylic acids is 1. The number of fused-ring (bicyclic) bond motifs is 3. The third-order valence-electron chi connectivity index (χ3n) is 4.54. The summed E-state index contributed by atoms with van der Waals surface area (Å²) in [7, 11) is 11.9. The van der Waals surface area contributed by atoms with Crippen molar-refractivity contribution >= 4 is 45.8 Å². The highest BCUT2D eigenvalue weighted by molar-refractivity contribution is 6.37. The smallest absolute Gasteiger partial charge is 0.363 e. The van der Waals surface area contributed by atoms with Gasteiger partial charge < -0.3 is 9.80 Å². The molecule has 0 saturated carbocycles. The normalized spacial score (nSPS) is 12.2. The van der Waals surface area contributed by atoms with Gasteiger partial charge in [0.2, 0.25) is 0 Å². The Morgan fingerprint density at radius 2 is 1.82 bits per heavy atom. The van der Waals surface area contributed by atoms with Crippen LogP contribution in [0, 0.1) is 0 Å². The molecule has 0 atom stereocenters. The van der Waals surface area contributed by atoms with E-state index in [1.165, 1.54) is 0 Å². The molecule has 0 aliphatic carbocycles. The zero-order valence-corrected chi connectivity index (χ0v) is 18.0. The number of para-hydroxylation sites is 1. The molecule has 148 valence electrons. The lowest BCUT2D eigenvalue weighted by molar-refractivity contribution is -0.466. The third-order valence-corrected chi connectivity index (χ3v) is 4.91. The van der Waals surface area contributed by atoms with Crippen molar-refractivity contribution in [3.05, 3.63) is 46.7 Å². The van der Waals surface area contributed by atoms with Crippen LogP contribution in [0.5, 0.6) is 0 Å². The molecule has 0 spiro atoms. The van der Waals surface area contributed by atoms with Gasteiger partial charge in [-0.15, -0.1) is 0 Å². The molecule has 28 heavy (non-hydrogen) atoms. The van der Waals surface area contributed by atoms with Gasteiger partial charge in [0.25, 0.3) is 0 Å². The molecule has 1 N–H and O–H groups in total. The second kappa shape index (κ2) is 7.81. The molecule has 6 nitrogen and oxygen atoms in total. The number of hydrogen-bond donors (Lipinski definition) is 1. The van der Waals surface area contributed by atoms with Crippen LogP contribution in [0.2, 0.25) is 5.02 Å². The molecule has 0 aliphatic heterocycles. The summed E-state index contributed by atoms with van der Waals surface area (Å²) in [6.07, 6.45) is 2.91. The van der Waals surface area contributed by atoms with Crippen LogP contribution in [0.3, 0.4) is 0 Å². The number of H-pyrrole nitrogens is 1. The Bertz CT molecular complexity index is 1070. The molecule has 0 bridgehead atoms. The minimum Gasteiger partial charge on any atom is -0.383 e. The van der Waals surface area contributed by atoms with Crippen molar-refractivity contribution in [3.8, 4) is 0 Å². The molecule has 0 saturated heterocycles. The first-order chi connectivity index (χ1) is 13.3. The largest absolute Gasteiger partial charge is 0.383 e. The van der Waals surface area contributed by atoms with Crippen LogP contribution in [-0.4, -0.2) is 69.9 Å². The lowest BCUT2D eigenvalue weighted by atomic mass is 10.00. The molecule has 2 heterocycles. The Morgan fingerprint density at radius 3 is 2.39 bits per heavy atom. The zero-order valence-electron chi connectivity index (χ0n) is 17.2. The van der Waals surface area contributed by atoms with Crippen molar-refractivity contribution in [1.82, 2.24) is 14.8 Å². The van der Waals surface area contributed by atoms with Crippen LogP contribution >= 0.6 is 11.6 Å². The van der Waals surface area contributed by atoms with Crippen molar-refractivity contribution in [1.29, 1.82) is 0 Å². The van der Waals surface area contributed by atoms with Gasteiger partial charge in [0, 0.05) is 37.8 Å². The average molecular weight is 401 g/mol. The number of aromatic nitrogens is 2.